The molecule has 2 aromatic rings. The number of likely N-dealkylation sites (tertiary alicyclic amines) is 1. The summed E-state index contributed by atoms with van der Waals surface area (Å²) >= 11 is 5.88. The zero-order valence-electron chi connectivity index (χ0n) is 9.91. The molecule has 0 aromatic carbocycles. The predicted octanol–water partition coefficient (Wildman–Crippen LogP) is 3.20. The summed E-state index contributed by atoms with van der Waals surface area (Å²) in [6, 6.07) is 4.75. The van der Waals surface area contributed by atoms with Gasteiger partial charge in [-0.2, -0.15) is 0 Å². The van der Waals surface area contributed by atoms with E-state index >= 15 is 0 Å². The maximum atomic E-state index is 5.88. The summed E-state index contributed by atoms with van der Waals surface area (Å²) in [6.45, 7) is 4.50. The van der Waals surface area contributed by atoms with Crippen LogP contribution in [0.4, 0.5) is 0 Å². The van der Waals surface area contributed by atoms with Gasteiger partial charge in [0.1, 0.15) is 5.15 Å². The Morgan fingerprint density at radius 2 is 2.41 bits per heavy atom. The van der Waals surface area contributed by atoms with Crippen molar-refractivity contribution >= 4 is 22.5 Å². The van der Waals surface area contributed by atoms with Gasteiger partial charge in [-0.15, -0.1) is 0 Å². The van der Waals surface area contributed by atoms with Crippen LogP contribution >= 0.6 is 11.6 Å². The van der Waals surface area contributed by atoms with Crippen molar-refractivity contribution in [1.82, 2.24) is 14.9 Å². The molecule has 0 radical (unpaired) electrons. The number of hydrogen-bond acceptors (Lipinski definition) is 2. The summed E-state index contributed by atoms with van der Waals surface area (Å²) in [7, 11) is 0. The summed E-state index contributed by atoms with van der Waals surface area (Å²) in [4.78, 5) is 10.0. The molecular formula is C13H16ClN3. The molecule has 90 valence electrons. The molecule has 3 rings (SSSR count). The van der Waals surface area contributed by atoms with E-state index in [1.807, 2.05) is 12.3 Å². The lowest BCUT2D eigenvalue weighted by Crippen LogP contribution is -2.26. The van der Waals surface area contributed by atoms with Crippen molar-refractivity contribution < 1.29 is 0 Å². The molecule has 0 spiro atoms. The van der Waals surface area contributed by atoms with Crippen LogP contribution in [0.1, 0.15) is 25.5 Å². The van der Waals surface area contributed by atoms with E-state index in [2.05, 4.69) is 27.9 Å². The van der Waals surface area contributed by atoms with E-state index in [0.29, 0.717) is 11.2 Å². The van der Waals surface area contributed by atoms with E-state index in [1.165, 1.54) is 25.1 Å². The Balaban J connectivity index is 1.85. The number of nitrogens with one attached hydrogen (secondary N) is 1. The first-order valence-corrected chi connectivity index (χ1v) is 6.47. The Labute approximate surface area is 106 Å². The number of nitrogens with zero attached hydrogens (tertiary/aromatic N) is 2. The molecule has 1 aliphatic rings. The molecule has 4 heteroatoms. The third kappa shape index (κ3) is 2.17. The van der Waals surface area contributed by atoms with E-state index in [4.69, 9.17) is 11.6 Å². The molecule has 1 aliphatic heterocycles. The van der Waals surface area contributed by atoms with Gasteiger partial charge < -0.3 is 4.98 Å². The highest BCUT2D eigenvalue weighted by atomic mass is 35.5. The first-order chi connectivity index (χ1) is 8.22. The minimum absolute atomic E-state index is 0.542. The van der Waals surface area contributed by atoms with E-state index in [0.717, 1.165) is 17.4 Å². The molecule has 1 atom stereocenters. The second-order valence-electron chi connectivity index (χ2n) is 4.85. The molecule has 0 amide bonds. The van der Waals surface area contributed by atoms with Crippen LogP contribution in [0.2, 0.25) is 5.15 Å². The summed E-state index contributed by atoms with van der Waals surface area (Å²) in [5, 5.41) is 1.68. The van der Waals surface area contributed by atoms with Crippen molar-refractivity contribution in [3.05, 3.63) is 29.2 Å². The molecule has 0 bridgehead atoms. The topological polar surface area (TPSA) is 31.9 Å². The molecule has 3 heterocycles. The number of rotatable bonds is 2. The third-order valence-electron chi connectivity index (χ3n) is 3.59. The monoisotopic (exact) mass is 249 g/mol. The van der Waals surface area contributed by atoms with Crippen LogP contribution in [0.3, 0.4) is 0 Å². The number of fused-ring (bicyclic) bond motifs is 1. The van der Waals surface area contributed by atoms with Crippen LogP contribution in [0.5, 0.6) is 0 Å². The fraction of sp³-hybridized carbons (Fsp3) is 0.462. The summed E-state index contributed by atoms with van der Waals surface area (Å²) in [6.07, 6.45) is 4.45. The van der Waals surface area contributed by atoms with Crippen molar-refractivity contribution in [3.63, 3.8) is 0 Å². The average Bonchev–Trinajstić information content (AvgIpc) is 2.85. The molecule has 17 heavy (non-hydrogen) atoms. The van der Waals surface area contributed by atoms with Gasteiger partial charge in [0.05, 0.1) is 5.52 Å². The fourth-order valence-electron chi connectivity index (χ4n) is 2.59. The number of hydrogen-bond donors (Lipinski definition) is 1. The normalized spacial score (nSPS) is 21.4. The van der Waals surface area contributed by atoms with E-state index in [1.54, 1.807) is 0 Å². The highest BCUT2D eigenvalue weighted by molar-refractivity contribution is 6.30. The minimum Gasteiger partial charge on any atom is -0.357 e. The third-order valence-corrected chi connectivity index (χ3v) is 3.80. The van der Waals surface area contributed by atoms with Gasteiger partial charge in [0.15, 0.2) is 0 Å². The van der Waals surface area contributed by atoms with Gasteiger partial charge in [0.25, 0.3) is 0 Å². The first kappa shape index (κ1) is 11.1. The number of H-pyrrole nitrogens is 1. The summed E-state index contributed by atoms with van der Waals surface area (Å²) in [5.74, 6) is 0. The van der Waals surface area contributed by atoms with Gasteiger partial charge in [0.2, 0.25) is 0 Å². The van der Waals surface area contributed by atoms with Crippen LogP contribution in [-0.4, -0.2) is 27.5 Å². The Hall–Kier alpha value is -1.06. The predicted molar refractivity (Wildman–Crippen MR) is 70.2 cm³/mol. The SMILES string of the molecule is C[C@H]1CCCN1Cc1cc2cnc(Cl)cc2[nH]1. The Morgan fingerprint density at radius 3 is 3.18 bits per heavy atom. The summed E-state index contributed by atoms with van der Waals surface area (Å²) in [5.41, 5.74) is 2.32. The van der Waals surface area contributed by atoms with Crippen LogP contribution in [0, 0.1) is 0 Å². The van der Waals surface area contributed by atoms with Gasteiger partial charge >= 0.3 is 0 Å². The zero-order valence-corrected chi connectivity index (χ0v) is 10.7. The lowest BCUT2D eigenvalue weighted by molar-refractivity contribution is 0.258. The van der Waals surface area contributed by atoms with Gasteiger partial charge in [-0.05, 0) is 38.4 Å². The van der Waals surface area contributed by atoms with Crippen LogP contribution in [0.15, 0.2) is 18.3 Å². The molecule has 3 nitrogen and oxygen atoms in total. The molecule has 2 aromatic heterocycles. The van der Waals surface area contributed by atoms with Crippen molar-refractivity contribution in [2.45, 2.75) is 32.4 Å². The Bertz CT molecular complexity index is 534. The number of pyridine rings is 1. The second-order valence-corrected chi connectivity index (χ2v) is 5.24. The van der Waals surface area contributed by atoms with Crippen molar-refractivity contribution in [1.29, 1.82) is 0 Å². The van der Waals surface area contributed by atoms with Crippen molar-refractivity contribution in [2.75, 3.05) is 6.54 Å². The molecular weight excluding hydrogens is 234 g/mol. The van der Waals surface area contributed by atoms with E-state index in [9.17, 15) is 0 Å². The Morgan fingerprint density at radius 1 is 1.53 bits per heavy atom. The van der Waals surface area contributed by atoms with Crippen molar-refractivity contribution in [3.8, 4) is 0 Å². The second kappa shape index (κ2) is 4.31. The molecule has 1 saturated heterocycles. The quantitative estimate of drug-likeness (QED) is 0.829. The van der Waals surface area contributed by atoms with Crippen LogP contribution < -0.4 is 0 Å². The lowest BCUT2D eigenvalue weighted by Gasteiger charge is -2.19. The van der Waals surface area contributed by atoms with Crippen LogP contribution in [0.25, 0.3) is 10.9 Å². The molecule has 0 unspecified atom stereocenters. The zero-order chi connectivity index (χ0) is 11.8. The minimum atomic E-state index is 0.542. The maximum absolute atomic E-state index is 5.88. The highest BCUT2D eigenvalue weighted by Gasteiger charge is 2.20. The molecule has 1 N–H and O–H groups in total. The lowest BCUT2D eigenvalue weighted by atomic mass is 10.2. The number of halogens is 1. The van der Waals surface area contributed by atoms with Crippen molar-refractivity contribution in [2.24, 2.45) is 0 Å². The smallest absolute Gasteiger partial charge is 0.131 e. The number of aromatic nitrogens is 2. The van der Waals surface area contributed by atoms with Gasteiger partial charge in [-0.25, -0.2) is 4.98 Å². The first-order valence-electron chi connectivity index (χ1n) is 6.09. The maximum Gasteiger partial charge on any atom is 0.131 e. The molecule has 0 saturated carbocycles. The van der Waals surface area contributed by atoms with Gasteiger partial charge in [0, 0.05) is 29.9 Å². The molecule has 0 aliphatic carbocycles. The van der Waals surface area contributed by atoms with E-state index < -0.39 is 0 Å². The van der Waals surface area contributed by atoms with Gasteiger partial charge in [-0.1, -0.05) is 11.6 Å². The number of aromatic amines is 1. The molecule has 1 fully saturated rings. The largest absolute Gasteiger partial charge is 0.357 e. The highest BCUT2D eigenvalue weighted by Crippen LogP contribution is 2.22. The summed E-state index contributed by atoms with van der Waals surface area (Å²) < 4.78 is 0. The van der Waals surface area contributed by atoms with Gasteiger partial charge in [-0.3, -0.25) is 4.90 Å². The fourth-order valence-corrected chi connectivity index (χ4v) is 2.75. The average molecular weight is 250 g/mol. The standard InChI is InChI=1S/C13H16ClN3/c1-9-3-2-4-17(9)8-11-5-10-7-15-13(14)6-12(10)16-11/h5-7,9,16H,2-4,8H2,1H3/t9-/m0/s1. The van der Waals surface area contributed by atoms with Crippen LogP contribution in [-0.2, 0) is 6.54 Å². The van der Waals surface area contributed by atoms with E-state index in [-0.39, 0.29) is 0 Å². The Kier molecular flexibility index (Phi) is 2.81.